The molecule has 4 heteroatoms. The van der Waals surface area contributed by atoms with Crippen molar-refractivity contribution in [3.8, 4) is 0 Å². The molecule has 1 aliphatic rings. The maximum Gasteiger partial charge on any atom is 0.108 e. The monoisotopic (exact) mass is 230 g/mol. The Labute approximate surface area is 79.8 Å². The zero-order chi connectivity index (χ0) is 8.77. The third-order valence-corrected chi connectivity index (χ3v) is 3.18. The summed E-state index contributed by atoms with van der Waals surface area (Å²) >= 11 is 3.51. The molecule has 0 radical (unpaired) electrons. The van der Waals surface area contributed by atoms with Crippen LogP contribution in [0.3, 0.4) is 0 Å². The summed E-state index contributed by atoms with van der Waals surface area (Å²) in [6.07, 6.45) is 1.87. The zero-order valence-corrected chi connectivity index (χ0v) is 8.76. The lowest BCUT2D eigenvalue weighted by molar-refractivity contribution is -0.0969. The van der Waals surface area contributed by atoms with Crippen LogP contribution >= 0.6 is 15.9 Å². The minimum absolute atomic E-state index is 0.0626. The molecule has 0 N–H and O–H groups in total. The summed E-state index contributed by atoms with van der Waals surface area (Å²) < 4.78 is 8.23. The third kappa shape index (κ3) is 1.02. The van der Waals surface area contributed by atoms with E-state index in [-0.39, 0.29) is 5.54 Å². The van der Waals surface area contributed by atoms with Gasteiger partial charge in [0.25, 0.3) is 0 Å². The lowest BCUT2D eigenvalue weighted by Crippen LogP contribution is -2.49. The van der Waals surface area contributed by atoms with Gasteiger partial charge in [0.05, 0.1) is 19.4 Å². The molecular weight excluding hydrogens is 220 g/mol. The molecule has 1 aliphatic heterocycles. The van der Waals surface area contributed by atoms with Gasteiger partial charge in [-0.15, -0.1) is 0 Å². The van der Waals surface area contributed by atoms with Gasteiger partial charge in [-0.1, -0.05) is 0 Å². The second-order valence-corrected chi connectivity index (χ2v) is 4.27. The average Bonchev–Trinajstić information content (AvgIpc) is 2.29. The molecule has 0 bridgehead atoms. The first-order chi connectivity index (χ1) is 5.63. The Kier molecular flexibility index (Phi) is 1.77. The van der Waals surface area contributed by atoms with Gasteiger partial charge < -0.3 is 4.74 Å². The van der Waals surface area contributed by atoms with Crippen molar-refractivity contribution in [2.24, 2.45) is 0 Å². The van der Waals surface area contributed by atoms with Crippen LogP contribution in [0.15, 0.2) is 10.8 Å². The number of hydrogen-bond acceptors (Lipinski definition) is 2. The molecule has 1 fully saturated rings. The van der Waals surface area contributed by atoms with E-state index in [1.54, 1.807) is 0 Å². The van der Waals surface area contributed by atoms with Crippen LogP contribution in [0, 0.1) is 6.92 Å². The quantitative estimate of drug-likeness (QED) is 0.735. The summed E-state index contributed by atoms with van der Waals surface area (Å²) in [5.41, 5.74) is 1.23. The van der Waals surface area contributed by atoms with E-state index >= 15 is 0 Å². The molecule has 12 heavy (non-hydrogen) atoms. The van der Waals surface area contributed by atoms with Gasteiger partial charge in [-0.05, 0) is 29.8 Å². The molecule has 1 aromatic rings. The molecule has 0 aliphatic carbocycles. The second kappa shape index (κ2) is 2.57. The molecule has 3 nitrogen and oxygen atoms in total. The molecule has 0 unspecified atom stereocenters. The normalized spacial score (nSPS) is 20.6. The lowest BCUT2D eigenvalue weighted by atomic mass is 10.0. The Morgan fingerprint density at radius 3 is 2.67 bits per heavy atom. The zero-order valence-electron chi connectivity index (χ0n) is 7.17. The molecule has 2 heterocycles. The largest absolute Gasteiger partial charge is 0.376 e. The van der Waals surface area contributed by atoms with E-state index in [9.17, 15) is 0 Å². The molecule has 1 saturated heterocycles. The Hall–Kier alpha value is -0.350. The number of ether oxygens (including phenoxy) is 1. The van der Waals surface area contributed by atoms with Crippen molar-refractivity contribution < 1.29 is 4.74 Å². The van der Waals surface area contributed by atoms with Crippen LogP contribution in [0.2, 0.25) is 0 Å². The van der Waals surface area contributed by atoms with Crippen LogP contribution in [0.1, 0.15) is 12.5 Å². The minimum atomic E-state index is 0.0626. The molecule has 0 spiro atoms. The van der Waals surface area contributed by atoms with Crippen LogP contribution in [-0.4, -0.2) is 23.0 Å². The van der Waals surface area contributed by atoms with E-state index in [1.807, 2.05) is 17.8 Å². The van der Waals surface area contributed by atoms with E-state index in [0.717, 1.165) is 17.8 Å². The van der Waals surface area contributed by atoms with Crippen LogP contribution in [0.5, 0.6) is 0 Å². The van der Waals surface area contributed by atoms with E-state index in [4.69, 9.17) is 4.74 Å². The van der Waals surface area contributed by atoms with E-state index in [1.165, 1.54) is 5.56 Å². The number of aryl methyl sites for hydroxylation is 1. The van der Waals surface area contributed by atoms with Gasteiger partial charge in [0.15, 0.2) is 0 Å². The van der Waals surface area contributed by atoms with Gasteiger partial charge in [-0.3, -0.25) is 0 Å². The molecule has 2 rings (SSSR count). The molecule has 1 aromatic heterocycles. The number of nitrogens with zero attached hydrogens (tertiary/aromatic N) is 2. The Balaban J connectivity index is 2.39. The highest BCUT2D eigenvalue weighted by molar-refractivity contribution is 9.10. The second-order valence-electron chi connectivity index (χ2n) is 3.52. The smallest absolute Gasteiger partial charge is 0.108 e. The number of rotatable bonds is 1. The van der Waals surface area contributed by atoms with Gasteiger partial charge in [-0.25, -0.2) is 4.68 Å². The predicted octanol–water partition coefficient (Wildman–Crippen LogP) is 1.70. The standard InChI is InChI=1S/C8H11BrN2O/c1-6-3-10-11(7(6)9)8(2)4-12-5-8/h3H,4-5H2,1-2H3. The highest BCUT2D eigenvalue weighted by atomic mass is 79.9. The maximum atomic E-state index is 5.17. The van der Waals surface area contributed by atoms with Gasteiger partial charge >= 0.3 is 0 Å². The van der Waals surface area contributed by atoms with Gasteiger partial charge in [0.2, 0.25) is 0 Å². The van der Waals surface area contributed by atoms with E-state index in [0.29, 0.717) is 0 Å². The molecule has 0 atom stereocenters. The summed E-state index contributed by atoms with van der Waals surface area (Å²) in [5, 5.41) is 4.30. The fourth-order valence-corrected chi connectivity index (χ4v) is 1.93. The first kappa shape index (κ1) is 8.26. The molecule has 0 saturated carbocycles. The lowest BCUT2D eigenvalue weighted by Gasteiger charge is -2.38. The third-order valence-electron chi connectivity index (χ3n) is 2.22. The summed E-state index contributed by atoms with van der Waals surface area (Å²) in [4.78, 5) is 0. The predicted molar refractivity (Wildman–Crippen MR) is 49.1 cm³/mol. The first-order valence-electron chi connectivity index (χ1n) is 3.92. The SMILES string of the molecule is Cc1cnn(C2(C)COC2)c1Br. The number of halogens is 1. The topological polar surface area (TPSA) is 27.1 Å². The molecular formula is C8H11BrN2O. The summed E-state index contributed by atoms with van der Waals surface area (Å²) in [6, 6.07) is 0. The summed E-state index contributed by atoms with van der Waals surface area (Å²) in [6.45, 7) is 5.70. The van der Waals surface area contributed by atoms with Gasteiger partial charge in [0.1, 0.15) is 10.1 Å². The average molecular weight is 231 g/mol. The minimum Gasteiger partial charge on any atom is -0.376 e. The van der Waals surface area contributed by atoms with Crippen molar-refractivity contribution in [1.82, 2.24) is 9.78 Å². The maximum absolute atomic E-state index is 5.17. The summed E-state index contributed by atoms with van der Waals surface area (Å²) in [5.74, 6) is 0. The van der Waals surface area contributed by atoms with Crippen molar-refractivity contribution in [2.75, 3.05) is 13.2 Å². The van der Waals surface area contributed by atoms with Crippen molar-refractivity contribution in [3.05, 3.63) is 16.4 Å². The molecule has 0 amide bonds. The van der Waals surface area contributed by atoms with Gasteiger partial charge in [0, 0.05) is 5.56 Å². The van der Waals surface area contributed by atoms with E-state index < -0.39 is 0 Å². The Morgan fingerprint density at radius 2 is 2.33 bits per heavy atom. The fourth-order valence-electron chi connectivity index (χ4n) is 1.31. The van der Waals surface area contributed by atoms with Crippen molar-refractivity contribution in [3.63, 3.8) is 0 Å². The fraction of sp³-hybridized carbons (Fsp3) is 0.625. The van der Waals surface area contributed by atoms with Crippen molar-refractivity contribution >= 4 is 15.9 Å². The number of hydrogen-bond donors (Lipinski definition) is 0. The summed E-state index contributed by atoms with van der Waals surface area (Å²) in [7, 11) is 0. The van der Waals surface area contributed by atoms with Crippen LogP contribution in [0.4, 0.5) is 0 Å². The highest BCUT2D eigenvalue weighted by Crippen LogP contribution is 2.29. The Bertz CT molecular complexity index is 304. The van der Waals surface area contributed by atoms with Gasteiger partial charge in [-0.2, -0.15) is 5.10 Å². The van der Waals surface area contributed by atoms with Crippen molar-refractivity contribution in [1.29, 1.82) is 0 Å². The highest BCUT2D eigenvalue weighted by Gasteiger charge is 2.37. The van der Waals surface area contributed by atoms with Crippen LogP contribution in [-0.2, 0) is 10.3 Å². The molecule has 66 valence electrons. The Morgan fingerprint density at radius 1 is 1.67 bits per heavy atom. The molecule has 0 aromatic carbocycles. The van der Waals surface area contributed by atoms with Crippen molar-refractivity contribution in [2.45, 2.75) is 19.4 Å². The van der Waals surface area contributed by atoms with E-state index in [2.05, 4.69) is 28.0 Å². The van der Waals surface area contributed by atoms with Crippen LogP contribution in [0.25, 0.3) is 0 Å². The first-order valence-corrected chi connectivity index (χ1v) is 4.71. The number of aromatic nitrogens is 2. The van der Waals surface area contributed by atoms with Crippen LogP contribution < -0.4 is 0 Å².